The smallest absolute Gasteiger partial charge is 0.251 e. The van der Waals surface area contributed by atoms with Crippen molar-refractivity contribution in [3.8, 4) is 0 Å². The quantitative estimate of drug-likeness (QED) is 0.850. The summed E-state index contributed by atoms with van der Waals surface area (Å²) in [5.74, 6) is -0.308. The summed E-state index contributed by atoms with van der Waals surface area (Å²) in [4.78, 5) is 23.5. The second kappa shape index (κ2) is 5.79. The lowest BCUT2D eigenvalue weighted by molar-refractivity contribution is -0.116. The molecule has 0 saturated carbocycles. The van der Waals surface area contributed by atoms with Crippen molar-refractivity contribution in [3.63, 3.8) is 0 Å². The maximum absolute atomic E-state index is 11.9. The number of amides is 1. The number of nitrogens with two attached hydrogens (primary N) is 1. The van der Waals surface area contributed by atoms with E-state index in [4.69, 9.17) is 17.3 Å². The molecule has 0 aliphatic carbocycles. The molecular formula is C14H14ClN3O2. The number of hydrogen-bond donors (Lipinski definition) is 2. The molecule has 5 nitrogen and oxygen atoms in total. The van der Waals surface area contributed by atoms with Gasteiger partial charge >= 0.3 is 0 Å². The summed E-state index contributed by atoms with van der Waals surface area (Å²) in [6.45, 7) is 1.77. The van der Waals surface area contributed by atoms with Gasteiger partial charge in [-0.1, -0.05) is 11.6 Å². The predicted molar refractivity (Wildman–Crippen MR) is 79.9 cm³/mol. The maximum atomic E-state index is 11.9. The SMILES string of the molecule is Cc1ccn(CC(=O)Nc2ccc(Cl)c(N)c2)c(=O)c1. The Kier molecular flexibility index (Phi) is 4.10. The molecule has 2 rings (SSSR count). The first kappa shape index (κ1) is 14.1. The number of carbonyl (C=O) groups is 1. The average molecular weight is 292 g/mol. The van der Waals surface area contributed by atoms with Crippen LogP contribution in [-0.2, 0) is 11.3 Å². The molecule has 1 amide bonds. The number of halogens is 1. The van der Waals surface area contributed by atoms with Crippen molar-refractivity contribution in [1.82, 2.24) is 4.57 Å². The fourth-order valence-corrected chi connectivity index (χ4v) is 1.83. The van der Waals surface area contributed by atoms with Gasteiger partial charge in [-0.15, -0.1) is 0 Å². The Balaban J connectivity index is 2.09. The van der Waals surface area contributed by atoms with Crippen LogP contribution in [0.15, 0.2) is 41.3 Å². The van der Waals surface area contributed by atoms with E-state index in [1.807, 2.05) is 6.92 Å². The zero-order chi connectivity index (χ0) is 14.7. The van der Waals surface area contributed by atoms with E-state index in [0.29, 0.717) is 16.4 Å². The van der Waals surface area contributed by atoms with Gasteiger partial charge < -0.3 is 15.6 Å². The normalized spacial score (nSPS) is 10.3. The van der Waals surface area contributed by atoms with E-state index in [-0.39, 0.29) is 18.0 Å². The predicted octanol–water partition coefficient (Wildman–Crippen LogP) is 2.03. The van der Waals surface area contributed by atoms with Gasteiger partial charge in [0, 0.05) is 18.0 Å². The van der Waals surface area contributed by atoms with Gasteiger partial charge in [0.2, 0.25) is 5.91 Å². The van der Waals surface area contributed by atoms with E-state index in [1.54, 1.807) is 30.5 Å². The molecule has 20 heavy (non-hydrogen) atoms. The highest BCUT2D eigenvalue weighted by molar-refractivity contribution is 6.33. The van der Waals surface area contributed by atoms with Crippen molar-refractivity contribution in [2.45, 2.75) is 13.5 Å². The van der Waals surface area contributed by atoms with Gasteiger partial charge in [0.25, 0.3) is 5.56 Å². The van der Waals surface area contributed by atoms with Crippen LogP contribution in [0.2, 0.25) is 5.02 Å². The molecule has 0 unspecified atom stereocenters. The first-order chi connectivity index (χ1) is 9.45. The molecule has 104 valence electrons. The second-order valence-electron chi connectivity index (χ2n) is 4.45. The van der Waals surface area contributed by atoms with Crippen LogP contribution >= 0.6 is 11.6 Å². The van der Waals surface area contributed by atoms with Crippen LogP contribution in [0.5, 0.6) is 0 Å². The fourth-order valence-electron chi connectivity index (χ4n) is 1.71. The van der Waals surface area contributed by atoms with Crippen LogP contribution in [0.3, 0.4) is 0 Å². The molecule has 3 N–H and O–H groups in total. The van der Waals surface area contributed by atoms with E-state index < -0.39 is 0 Å². The Morgan fingerprint density at radius 1 is 1.35 bits per heavy atom. The highest BCUT2D eigenvalue weighted by Crippen LogP contribution is 2.22. The van der Waals surface area contributed by atoms with Gasteiger partial charge in [0.1, 0.15) is 6.54 Å². The average Bonchev–Trinajstić information content (AvgIpc) is 2.37. The van der Waals surface area contributed by atoms with E-state index in [1.165, 1.54) is 10.6 Å². The van der Waals surface area contributed by atoms with Crippen molar-refractivity contribution < 1.29 is 4.79 Å². The van der Waals surface area contributed by atoms with Crippen LogP contribution in [0, 0.1) is 6.92 Å². The van der Waals surface area contributed by atoms with Crippen molar-refractivity contribution >= 4 is 28.9 Å². The topological polar surface area (TPSA) is 77.1 Å². The minimum atomic E-state index is -0.308. The summed E-state index contributed by atoms with van der Waals surface area (Å²) in [5, 5.41) is 3.09. The van der Waals surface area contributed by atoms with Gasteiger partial charge in [-0.3, -0.25) is 9.59 Å². The number of benzene rings is 1. The fraction of sp³-hybridized carbons (Fsp3) is 0.143. The summed E-state index contributed by atoms with van der Waals surface area (Å²) in [6, 6.07) is 8.07. The molecule has 0 fully saturated rings. The number of carbonyl (C=O) groups excluding carboxylic acids is 1. The van der Waals surface area contributed by atoms with Crippen molar-refractivity contribution in [3.05, 3.63) is 57.5 Å². The molecule has 0 aliphatic heterocycles. The number of aromatic nitrogens is 1. The standard InChI is InChI=1S/C14H14ClN3O2/c1-9-4-5-18(14(20)6-9)8-13(19)17-10-2-3-11(15)12(16)7-10/h2-7H,8,16H2,1H3,(H,17,19). The first-order valence-electron chi connectivity index (χ1n) is 5.97. The lowest BCUT2D eigenvalue weighted by Gasteiger charge is -2.08. The third-order valence-corrected chi connectivity index (χ3v) is 3.09. The number of nitrogen functional groups attached to an aromatic ring is 1. The molecule has 0 radical (unpaired) electrons. The number of hydrogen-bond acceptors (Lipinski definition) is 3. The number of nitrogens with zero attached hydrogens (tertiary/aromatic N) is 1. The van der Waals surface area contributed by atoms with Crippen molar-refractivity contribution in [2.24, 2.45) is 0 Å². The Labute approximate surface area is 121 Å². The van der Waals surface area contributed by atoms with Crippen LogP contribution in [0.4, 0.5) is 11.4 Å². The molecule has 0 aliphatic rings. The highest BCUT2D eigenvalue weighted by Gasteiger charge is 2.06. The van der Waals surface area contributed by atoms with Gasteiger partial charge in [-0.05, 0) is 36.8 Å². The second-order valence-corrected chi connectivity index (χ2v) is 4.86. The Bertz CT molecular complexity index is 710. The van der Waals surface area contributed by atoms with Crippen LogP contribution in [-0.4, -0.2) is 10.5 Å². The molecule has 1 aromatic carbocycles. The number of anilines is 2. The monoisotopic (exact) mass is 291 g/mol. The Morgan fingerprint density at radius 2 is 2.10 bits per heavy atom. The highest BCUT2D eigenvalue weighted by atomic mass is 35.5. The van der Waals surface area contributed by atoms with E-state index >= 15 is 0 Å². The van der Waals surface area contributed by atoms with Crippen molar-refractivity contribution in [1.29, 1.82) is 0 Å². The zero-order valence-electron chi connectivity index (χ0n) is 10.9. The van der Waals surface area contributed by atoms with Crippen molar-refractivity contribution in [2.75, 3.05) is 11.1 Å². The van der Waals surface area contributed by atoms with Gasteiger partial charge in [-0.25, -0.2) is 0 Å². The number of pyridine rings is 1. The van der Waals surface area contributed by atoms with E-state index in [9.17, 15) is 9.59 Å². The molecule has 1 heterocycles. The molecule has 0 saturated heterocycles. The summed E-state index contributed by atoms with van der Waals surface area (Å²) < 4.78 is 1.33. The van der Waals surface area contributed by atoms with Crippen LogP contribution < -0.4 is 16.6 Å². The van der Waals surface area contributed by atoms with Crippen LogP contribution in [0.25, 0.3) is 0 Å². The van der Waals surface area contributed by atoms with Crippen LogP contribution in [0.1, 0.15) is 5.56 Å². The molecule has 0 bridgehead atoms. The summed E-state index contributed by atoms with van der Waals surface area (Å²) in [7, 11) is 0. The third-order valence-electron chi connectivity index (χ3n) is 2.75. The lowest BCUT2D eigenvalue weighted by Crippen LogP contribution is -2.26. The van der Waals surface area contributed by atoms with E-state index in [0.717, 1.165) is 5.56 Å². The van der Waals surface area contributed by atoms with Gasteiger partial charge in [0.15, 0.2) is 0 Å². The summed E-state index contributed by atoms with van der Waals surface area (Å²) >= 11 is 5.80. The minimum Gasteiger partial charge on any atom is -0.397 e. The molecule has 1 aromatic heterocycles. The molecule has 0 atom stereocenters. The minimum absolute atomic E-state index is 0.0539. The molecule has 2 aromatic rings. The Morgan fingerprint density at radius 3 is 2.75 bits per heavy atom. The molecule has 0 spiro atoms. The van der Waals surface area contributed by atoms with E-state index in [2.05, 4.69) is 5.32 Å². The summed E-state index contributed by atoms with van der Waals surface area (Å²) in [6.07, 6.45) is 1.59. The van der Waals surface area contributed by atoms with Gasteiger partial charge in [-0.2, -0.15) is 0 Å². The third kappa shape index (κ3) is 3.39. The number of rotatable bonds is 3. The lowest BCUT2D eigenvalue weighted by atomic mass is 10.2. The maximum Gasteiger partial charge on any atom is 0.251 e. The molecular weight excluding hydrogens is 278 g/mol. The summed E-state index contributed by atoms with van der Waals surface area (Å²) in [5.41, 5.74) is 7.22. The largest absolute Gasteiger partial charge is 0.397 e. The van der Waals surface area contributed by atoms with Gasteiger partial charge in [0.05, 0.1) is 10.7 Å². The molecule has 6 heteroatoms. The number of nitrogens with one attached hydrogen (secondary N) is 1. The zero-order valence-corrected chi connectivity index (χ0v) is 11.6. The number of aryl methyl sites for hydroxylation is 1. The Hall–Kier alpha value is -2.27. The first-order valence-corrected chi connectivity index (χ1v) is 6.35.